The van der Waals surface area contributed by atoms with Crippen molar-refractivity contribution >= 4 is 154 Å². The van der Waals surface area contributed by atoms with Crippen molar-refractivity contribution in [3.05, 3.63) is 295 Å². The Labute approximate surface area is 585 Å². The number of benzene rings is 14. The van der Waals surface area contributed by atoms with Crippen molar-refractivity contribution in [3.63, 3.8) is 0 Å². The van der Waals surface area contributed by atoms with E-state index in [4.69, 9.17) is 30.9 Å². The molecular formula is C92H68BClN4O2. The number of fused-ring (bicyclic) bond motifs is 30. The van der Waals surface area contributed by atoms with Crippen LogP contribution in [0.25, 0.3) is 163 Å². The molecule has 4 aromatic heterocycles. The summed E-state index contributed by atoms with van der Waals surface area (Å²) in [6.07, 6.45) is 3.66. The molecule has 0 bridgehead atoms. The topological polar surface area (TPSA) is 70.0 Å². The molecule has 0 amide bonds. The first-order valence-electron chi connectivity index (χ1n) is 34.7. The molecule has 6 nitrogen and oxygen atoms in total. The van der Waals surface area contributed by atoms with Crippen LogP contribution >= 0.6 is 11.6 Å². The van der Waals surface area contributed by atoms with Gasteiger partial charge in [-0.25, -0.2) is 9.97 Å². The zero-order valence-corrected chi connectivity index (χ0v) is 57.7. The number of rotatable bonds is 2. The van der Waals surface area contributed by atoms with Crippen LogP contribution in [0.1, 0.15) is 77.6 Å². The van der Waals surface area contributed by atoms with E-state index in [-0.39, 0.29) is 29.2 Å². The molecule has 1 fully saturated rings. The van der Waals surface area contributed by atoms with E-state index in [1.165, 1.54) is 131 Å². The van der Waals surface area contributed by atoms with Crippen LogP contribution in [0.2, 0.25) is 5.15 Å². The Kier molecular flexibility index (Phi) is 13.3. The maximum Gasteiger partial charge on any atom is 0.494 e. The lowest BCUT2D eigenvalue weighted by atomic mass is 9.76. The third-order valence-electron chi connectivity index (χ3n) is 22.8. The minimum absolute atomic E-state index is 0.0833. The van der Waals surface area contributed by atoms with Crippen molar-refractivity contribution in [2.45, 2.75) is 77.4 Å². The first-order valence-corrected chi connectivity index (χ1v) is 35.1. The maximum atomic E-state index is 6.40. The van der Waals surface area contributed by atoms with Gasteiger partial charge in [0.25, 0.3) is 0 Å². The summed E-state index contributed by atoms with van der Waals surface area (Å²) in [5, 5.41) is 25.5. The predicted molar refractivity (Wildman–Crippen MR) is 422 cm³/mol. The summed E-state index contributed by atoms with van der Waals surface area (Å²) in [5.74, 6) is 0. The first kappa shape index (κ1) is 60.3. The quantitative estimate of drug-likeness (QED) is 0.0976. The van der Waals surface area contributed by atoms with E-state index < -0.39 is 0 Å². The Hall–Kier alpha value is -10.9. The van der Waals surface area contributed by atoms with Gasteiger partial charge in [0.1, 0.15) is 5.15 Å². The van der Waals surface area contributed by atoms with Crippen molar-refractivity contribution in [3.8, 4) is 33.5 Å². The summed E-state index contributed by atoms with van der Waals surface area (Å²) < 4.78 is 12.8. The fourth-order valence-electron chi connectivity index (χ4n) is 17.0. The van der Waals surface area contributed by atoms with Gasteiger partial charge in [-0.05, 0) is 231 Å². The molecule has 478 valence electrons. The molecule has 0 atom stereocenters. The molecule has 0 spiro atoms. The maximum absolute atomic E-state index is 6.40. The average molecular weight is 1310 g/mol. The fraction of sp³-hybridized carbons (Fsp3) is 0.130. The monoisotopic (exact) mass is 1310 g/mol. The van der Waals surface area contributed by atoms with Gasteiger partial charge in [0.05, 0.1) is 39.0 Å². The molecule has 2 aliphatic carbocycles. The summed E-state index contributed by atoms with van der Waals surface area (Å²) in [4.78, 5) is 19.1. The third kappa shape index (κ3) is 8.98. The normalized spacial score (nSPS) is 15.3. The average Bonchev–Trinajstić information content (AvgIpc) is 1.50. The summed E-state index contributed by atoms with van der Waals surface area (Å²) in [7, 11) is -0.363. The zero-order valence-electron chi connectivity index (χ0n) is 57.0. The van der Waals surface area contributed by atoms with E-state index in [2.05, 4.69) is 284 Å². The zero-order chi connectivity index (χ0) is 67.7. The molecule has 0 N–H and O–H groups in total. The lowest BCUT2D eigenvalue weighted by Crippen LogP contribution is -2.41. The number of hydrogen-bond acceptors (Lipinski definition) is 6. The van der Waals surface area contributed by atoms with E-state index in [0.29, 0.717) is 5.15 Å². The van der Waals surface area contributed by atoms with E-state index in [1.807, 2.05) is 42.6 Å². The number of nitrogens with zero attached hydrogens (tertiary/aromatic N) is 4. The van der Waals surface area contributed by atoms with Gasteiger partial charge in [-0.2, -0.15) is 0 Å². The Bertz CT molecular complexity index is 6510. The molecule has 100 heavy (non-hydrogen) atoms. The molecule has 5 heterocycles. The minimum atomic E-state index is -0.363. The van der Waals surface area contributed by atoms with Gasteiger partial charge in [-0.1, -0.05) is 227 Å². The van der Waals surface area contributed by atoms with Crippen molar-refractivity contribution in [1.29, 1.82) is 0 Å². The second-order valence-electron chi connectivity index (χ2n) is 29.5. The Balaban J connectivity index is 0.000000113. The first-order chi connectivity index (χ1) is 48.5. The smallest absolute Gasteiger partial charge is 0.399 e. The summed E-state index contributed by atoms with van der Waals surface area (Å²) in [5.41, 5.74) is 16.7. The molecule has 1 aliphatic heterocycles. The number of halogens is 1. The lowest BCUT2D eigenvalue weighted by molar-refractivity contribution is 0.00578. The molecular weight excluding hydrogens is 1240 g/mol. The van der Waals surface area contributed by atoms with E-state index in [9.17, 15) is 0 Å². The molecule has 18 aromatic rings. The number of hydrogen-bond donors (Lipinski definition) is 0. The fourth-order valence-corrected chi connectivity index (χ4v) is 17.1. The summed E-state index contributed by atoms with van der Waals surface area (Å²) in [6, 6.07) is 92.2. The Morgan fingerprint density at radius 1 is 0.280 bits per heavy atom. The van der Waals surface area contributed by atoms with Crippen LogP contribution in [0, 0.1) is 0 Å². The van der Waals surface area contributed by atoms with Gasteiger partial charge in [0.15, 0.2) is 0 Å². The Morgan fingerprint density at radius 2 is 0.610 bits per heavy atom. The SMILES string of the molecule is CC1(C)c2ccc(-c3ccc4c5ccccc5c5cccnc5c4n3)cc2-c2cc3c4ccccc4c4ccccc4c3cc21.CC1(C)c2ccc(B3OC(C)(C)C(C)(C)O3)cc2-c2cc3c4ccccc4c4ccccc4c3cc21.Clc1ccc2c3ccccc3c3cccnc3c2n1. The van der Waals surface area contributed by atoms with Crippen molar-refractivity contribution in [2.75, 3.05) is 0 Å². The molecule has 8 heteroatoms. The third-order valence-corrected chi connectivity index (χ3v) is 23.0. The van der Waals surface area contributed by atoms with Gasteiger partial charge in [0.2, 0.25) is 0 Å². The highest BCUT2D eigenvalue weighted by atomic mass is 35.5. The number of aromatic nitrogens is 4. The summed E-state index contributed by atoms with van der Waals surface area (Å²) in [6.45, 7) is 17.9. The van der Waals surface area contributed by atoms with Gasteiger partial charge in [-0.15, -0.1) is 0 Å². The van der Waals surface area contributed by atoms with E-state index in [1.54, 1.807) is 6.20 Å². The molecule has 0 unspecified atom stereocenters. The van der Waals surface area contributed by atoms with Crippen LogP contribution in [-0.4, -0.2) is 38.3 Å². The minimum Gasteiger partial charge on any atom is -0.399 e. The molecule has 0 radical (unpaired) electrons. The summed E-state index contributed by atoms with van der Waals surface area (Å²) >= 11 is 6.03. The van der Waals surface area contributed by atoms with Crippen LogP contribution in [0.4, 0.5) is 0 Å². The number of pyridine rings is 4. The standard InChI is InChI=1S/C43H28N2.C33H31BO2.C16H9ClN2/c1-43(2)38-19-17-25(40-20-18-33-29-13-6-5-12-28(29)32-16-9-21-44-41(32)42(33)45-40)22-36(38)37-23-34-30-14-7-3-10-26(30)27-11-4-8-15-31(27)35(34)24-39(37)43;1-31(2)29-16-15-20(34-35-32(3,4)33(5,6)36-34)17-27(29)28-18-25-23-13-9-7-11-21(23)22-12-8-10-14-24(22)26(25)19-30(28)31;17-14-8-7-13-11-5-2-1-4-10(11)12-6-3-9-18-15(12)16(13)19-14/h3-24H,1-2H3;7-19H,1-6H3;1-9H. The van der Waals surface area contributed by atoms with E-state index >= 15 is 0 Å². The van der Waals surface area contributed by atoms with Gasteiger partial charge >= 0.3 is 7.12 Å². The van der Waals surface area contributed by atoms with E-state index in [0.717, 1.165) is 60.3 Å². The van der Waals surface area contributed by atoms with Crippen molar-refractivity contribution in [1.82, 2.24) is 19.9 Å². The highest BCUT2D eigenvalue weighted by molar-refractivity contribution is 6.62. The molecule has 14 aromatic carbocycles. The van der Waals surface area contributed by atoms with Crippen molar-refractivity contribution < 1.29 is 9.31 Å². The van der Waals surface area contributed by atoms with Crippen LogP contribution in [0.15, 0.2) is 267 Å². The van der Waals surface area contributed by atoms with Crippen LogP contribution in [0.5, 0.6) is 0 Å². The van der Waals surface area contributed by atoms with Gasteiger partial charge in [0, 0.05) is 50.3 Å². The van der Waals surface area contributed by atoms with Crippen LogP contribution < -0.4 is 5.46 Å². The second-order valence-corrected chi connectivity index (χ2v) is 29.9. The molecule has 0 saturated carbocycles. The second kappa shape index (κ2) is 22.0. The lowest BCUT2D eigenvalue weighted by Gasteiger charge is -2.32. The molecule has 21 rings (SSSR count). The molecule has 3 aliphatic rings. The van der Waals surface area contributed by atoms with Gasteiger partial charge in [-0.3, -0.25) is 9.97 Å². The van der Waals surface area contributed by atoms with Crippen LogP contribution in [-0.2, 0) is 20.1 Å². The predicted octanol–water partition coefficient (Wildman–Crippen LogP) is 23.7. The molecule has 1 saturated heterocycles. The van der Waals surface area contributed by atoms with Crippen LogP contribution in [0.3, 0.4) is 0 Å². The Morgan fingerprint density at radius 3 is 1.04 bits per heavy atom. The largest absolute Gasteiger partial charge is 0.494 e. The van der Waals surface area contributed by atoms with Crippen molar-refractivity contribution in [2.24, 2.45) is 0 Å². The highest BCUT2D eigenvalue weighted by Crippen LogP contribution is 2.54. The van der Waals surface area contributed by atoms with Gasteiger partial charge < -0.3 is 9.31 Å². The highest BCUT2D eigenvalue weighted by Gasteiger charge is 2.52.